The molecule has 0 amide bonds. The van der Waals surface area contributed by atoms with Crippen LogP contribution in [0.2, 0.25) is 0 Å². The normalized spacial score (nSPS) is 16.7. The SMILES string of the molecule is N=C(N)SCc1cc(F)cc2c1O[C@@H](c1ccccc1)OC2. The first-order chi connectivity index (χ1) is 10.6. The number of rotatable bonds is 3. The number of nitrogens with two attached hydrogens (primary N) is 1. The Kier molecular flexibility index (Phi) is 4.31. The summed E-state index contributed by atoms with van der Waals surface area (Å²) in [6, 6.07) is 12.4. The van der Waals surface area contributed by atoms with Crippen LogP contribution in [0, 0.1) is 11.2 Å². The van der Waals surface area contributed by atoms with Crippen molar-refractivity contribution in [1.29, 1.82) is 5.41 Å². The second kappa shape index (κ2) is 6.37. The number of ether oxygens (including phenoxy) is 2. The lowest BCUT2D eigenvalue weighted by Gasteiger charge is -2.28. The predicted molar refractivity (Wildman–Crippen MR) is 84.2 cm³/mol. The van der Waals surface area contributed by atoms with Crippen LogP contribution < -0.4 is 10.5 Å². The average molecular weight is 318 g/mol. The summed E-state index contributed by atoms with van der Waals surface area (Å²) in [7, 11) is 0. The van der Waals surface area contributed by atoms with Crippen molar-refractivity contribution in [3.63, 3.8) is 0 Å². The van der Waals surface area contributed by atoms with Crippen LogP contribution in [0.3, 0.4) is 0 Å². The van der Waals surface area contributed by atoms with E-state index >= 15 is 0 Å². The van der Waals surface area contributed by atoms with Gasteiger partial charge in [0.15, 0.2) is 5.17 Å². The van der Waals surface area contributed by atoms with Gasteiger partial charge in [0.25, 0.3) is 0 Å². The maximum absolute atomic E-state index is 13.7. The standard InChI is InChI=1S/C16H15FN2O2S/c17-13-6-11-8-20-15(10-4-2-1-3-5-10)21-14(11)12(7-13)9-22-16(18)19/h1-7,15H,8-9H2,(H3,18,19)/t15-/m0/s1. The number of hydrogen-bond donors (Lipinski definition) is 2. The fraction of sp³-hybridized carbons (Fsp3) is 0.188. The topological polar surface area (TPSA) is 68.3 Å². The number of nitrogens with one attached hydrogen (secondary N) is 1. The molecule has 22 heavy (non-hydrogen) atoms. The molecule has 1 aliphatic heterocycles. The van der Waals surface area contributed by atoms with Gasteiger partial charge in [-0.3, -0.25) is 5.41 Å². The Morgan fingerprint density at radius 3 is 2.82 bits per heavy atom. The Hall–Kier alpha value is -2.05. The van der Waals surface area contributed by atoms with E-state index in [4.69, 9.17) is 20.6 Å². The monoisotopic (exact) mass is 318 g/mol. The molecule has 2 aromatic rings. The molecule has 0 spiro atoms. The number of fused-ring (bicyclic) bond motifs is 1. The van der Waals surface area contributed by atoms with Gasteiger partial charge in [-0.15, -0.1) is 0 Å². The van der Waals surface area contributed by atoms with E-state index in [-0.39, 0.29) is 17.6 Å². The molecule has 2 aromatic carbocycles. The minimum atomic E-state index is -0.514. The van der Waals surface area contributed by atoms with Crippen LogP contribution in [0.4, 0.5) is 4.39 Å². The number of thioether (sulfide) groups is 1. The maximum atomic E-state index is 13.7. The van der Waals surface area contributed by atoms with Crippen molar-refractivity contribution in [2.75, 3.05) is 0 Å². The van der Waals surface area contributed by atoms with Crippen molar-refractivity contribution in [2.45, 2.75) is 18.6 Å². The third-order valence-corrected chi connectivity index (χ3v) is 4.04. The summed E-state index contributed by atoms with van der Waals surface area (Å²) in [5.41, 5.74) is 7.62. The largest absolute Gasteiger partial charge is 0.460 e. The maximum Gasteiger partial charge on any atom is 0.227 e. The van der Waals surface area contributed by atoms with Crippen LogP contribution in [0.25, 0.3) is 0 Å². The molecule has 0 saturated carbocycles. The van der Waals surface area contributed by atoms with Crippen molar-refractivity contribution >= 4 is 16.9 Å². The van der Waals surface area contributed by atoms with Gasteiger partial charge in [0.05, 0.1) is 6.61 Å². The summed E-state index contributed by atoms with van der Waals surface area (Å²) >= 11 is 1.14. The quantitative estimate of drug-likeness (QED) is 0.671. The summed E-state index contributed by atoms with van der Waals surface area (Å²) in [5, 5.41) is 7.28. The predicted octanol–water partition coefficient (Wildman–Crippen LogP) is 3.56. The number of amidine groups is 1. The van der Waals surface area contributed by atoms with Crippen molar-refractivity contribution in [3.05, 3.63) is 65.0 Å². The molecule has 0 fully saturated rings. The molecule has 1 aliphatic rings. The molecule has 114 valence electrons. The molecule has 0 saturated heterocycles. The van der Waals surface area contributed by atoms with E-state index < -0.39 is 6.29 Å². The summed E-state index contributed by atoms with van der Waals surface area (Å²) in [4.78, 5) is 0. The number of benzene rings is 2. The molecular weight excluding hydrogens is 303 g/mol. The van der Waals surface area contributed by atoms with E-state index in [1.54, 1.807) is 0 Å². The highest BCUT2D eigenvalue weighted by Gasteiger charge is 2.25. The Bertz CT molecular complexity index is 694. The fourth-order valence-corrected chi connectivity index (χ4v) is 2.84. The lowest BCUT2D eigenvalue weighted by atomic mass is 10.1. The van der Waals surface area contributed by atoms with Crippen LogP contribution in [0.5, 0.6) is 5.75 Å². The molecule has 0 aromatic heterocycles. The van der Waals surface area contributed by atoms with Gasteiger partial charge >= 0.3 is 0 Å². The molecule has 1 heterocycles. The molecule has 3 N–H and O–H groups in total. The van der Waals surface area contributed by atoms with Crippen LogP contribution >= 0.6 is 11.8 Å². The highest BCUT2D eigenvalue weighted by atomic mass is 32.2. The van der Waals surface area contributed by atoms with Gasteiger partial charge in [-0.1, -0.05) is 42.1 Å². The molecule has 0 unspecified atom stereocenters. The van der Waals surface area contributed by atoms with Crippen molar-refractivity contribution in [2.24, 2.45) is 5.73 Å². The third-order valence-electron chi connectivity index (χ3n) is 3.28. The van der Waals surface area contributed by atoms with E-state index in [1.165, 1.54) is 12.1 Å². The van der Waals surface area contributed by atoms with Crippen LogP contribution in [-0.2, 0) is 17.1 Å². The third kappa shape index (κ3) is 3.23. The van der Waals surface area contributed by atoms with Crippen molar-refractivity contribution in [3.8, 4) is 5.75 Å². The Morgan fingerprint density at radius 2 is 2.09 bits per heavy atom. The summed E-state index contributed by atoms with van der Waals surface area (Å²) in [6.45, 7) is 0.282. The van der Waals surface area contributed by atoms with E-state index in [0.29, 0.717) is 22.6 Å². The minimum Gasteiger partial charge on any atom is -0.460 e. The van der Waals surface area contributed by atoms with Crippen LogP contribution in [0.15, 0.2) is 42.5 Å². The molecular formula is C16H15FN2O2S. The zero-order valence-electron chi connectivity index (χ0n) is 11.7. The number of halogens is 1. The summed E-state index contributed by atoms with van der Waals surface area (Å²) in [6.07, 6.45) is -0.514. The van der Waals surface area contributed by atoms with E-state index in [2.05, 4.69) is 0 Å². The molecule has 0 aliphatic carbocycles. The molecule has 0 radical (unpaired) electrons. The fourth-order valence-electron chi connectivity index (χ4n) is 2.31. The smallest absolute Gasteiger partial charge is 0.227 e. The van der Waals surface area contributed by atoms with Gasteiger partial charge in [0.1, 0.15) is 11.6 Å². The lowest BCUT2D eigenvalue weighted by molar-refractivity contribution is -0.112. The van der Waals surface area contributed by atoms with Crippen LogP contribution in [0.1, 0.15) is 23.0 Å². The van der Waals surface area contributed by atoms with Gasteiger partial charge in [-0.05, 0) is 12.1 Å². The second-order valence-corrected chi connectivity index (χ2v) is 5.89. The van der Waals surface area contributed by atoms with E-state index in [9.17, 15) is 4.39 Å². The molecule has 3 rings (SSSR count). The van der Waals surface area contributed by atoms with Crippen molar-refractivity contribution < 1.29 is 13.9 Å². The van der Waals surface area contributed by atoms with Crippen LogP contribution in [-0.4, -0.2) is 5.17 Å². The minimum absolute atomic E-state index is 0.00956. The molecule has 0 bridgehead atoms. The lowest BCUT2D eigenvalue weighted by Crippen LogP contribution is -2.19. The Morgan fingerprint density at radius 1 is 1.32 bits per heavy atom. The zero-order valence-corrected chi connectivity index (χ0v) is 12.5. The number of hydrogen-bond acceptors (Lipinski definition) is 4. The average Bonchev–Trinajstić information content (AvgIpc) is 2.53. The van der Waals surface area contributed by atoms with Gasteiger partial charge in [0, 0.05) is 22.4 Å². The Labute approximate surface area is 131 Å². The van der Waals surface area contributed by atoms with Gasteiger partial charge in [0.2, 0.25) is 6.29 Å². The first-order valence-corrected chi connectivity index (χ1v) is 7.73. The van der Waals surface area contributed by atoms with E-state index in [0.717, 1.165) is 17.3 Å². The molecule has 4 nitrogen and oxygen atoms in total. The first kappa shape index (κ1) is 14.9. The van der Waals surface area contributed by atoms with Crippen molar-refractivity contribution in [1.82, 2.24) is 0 Å². The molecule has 6 heteroatoms. The second-order valence-electron chi connectivity index (χ2n) is 4.88. The van der Waals surface area contributed by atoms with E-state index in [1.807, 2.05) is 30.3 Å². The first-order valence-electron chi connectivity index (χ1n) is 6.75. The zero-order chi connectivity index (χ0) is 15.5. The molecule has 1 atom stereocenters. The van der Waals surface area contributed by atoms with Gasteiger partial charge in [-0.2, -0.15) is 0 Å². The Balaban J connectivity index is 1.89. The van der Waals surface area contributed by atoms with Gasteiger partial charge in [-0.25, -0.2) is 4.39 Å². The highest BCUT2D eigenvalue weighted by molar-refractivity contribution is 8.13. The highest BCUT2D eigenvalue weighted by Crippen LogP contribution is 2.37. The summed E-state index contributed by atoms with van der Waals surface area (Å²) < 4.78 is 25.3. The van der Waals surface area contributed by atoms with Gasteiger partial charge < -0.3 is 15.2 Å². The summed E-state index contributed by atoms with van der Waals surface area (Å²) in [5.74, 6) is 0.662.